The van der Waals surface area contributed by atoms with E-state index in [0.717, 1.165) is 12.8 Å². The topological polar surface area (TPSA) is 44.8 Å². The summed E-state index contributed by atoms with van der Waals surface area (Å²) < 4.78 is 5.99. The second kappa shape index (κ2) is 6.94. The van der Waals surface area contributed by atoms with E-state index in [0.29, 0.717) is 17.4 Å². The normalized spacial score (nSPS) is 32.0. The van der Waals surface area contributed by atoms with Crippen molar-refractivity contribution in [1.82, 2.24) is 0 Å². The molecule has 152 valence electrons. The van der Waals surface area contributed by atoms with E-state index in [2.05, 4.69) is 39.2 Å². The van der Waals surface area contributed by atoms with Crippen LogP contribution in [0.3, 0.4) is 0 Å². The van der Waals surface area contributed by atoms with Gasteiger partial charge in [-0.25, -0.2) is 14.6 Å². The summed E-state index contributed by atoms with van der Waals surface area (Å²) in [6, 6.07) is 0. The van der Waals surface area contributed by atoms with Gasteiger partial charge in [0, 0.05) is 17.9 Å². The molecule has 2 aliphatic carbocycles. The van der Waals surface area contributed by atoms with Crippen molar-refractivity contribution in [2.24, 2.45) is 23.2 Å². The van der Waals surface area contributed by atoms with E-state index in [1.807, 2.05) is 34.6 Å². The molecule has 2 saturated carbocycles. The monoisotopic (exact) mass is 376 g/mol. The zero-order chi connectivity index (χ0) is 20.8. The van der Waals surface area contributed by atoms with Gasteiger partial charge >= 0.3 is 5.97 Å². The fourth-order valence-electron chi connectivity index (χ4n) is 4.21. The number of carbonyl (C=O) groups is 1. The van der Waals surface area contributed by atoms with E-state index in [1.165, 1.54) is 0 Å². The Morgan fingerprint density at radius 1 is 1.15 bits per heavy atom. The van der Waals surface area contributed by atoms with Gasteiger partial charge in [0.1, 0.15) is 0 Å². The van der Waals surface area contributed by atoms with Gasteiger partial charge in [-0.1, -0.05) is 39.2 Å². The number of esters is 1. The van der Waals surface area contributed by atoms with Crippen LogP contribution in [0.5, 0.6) is 0 Å². The Balaban J connectivity index is 2.32. The lowest BCUT2D eigenvalue weighted by molar-refractivity contribution is -0.384. The van der Waals surface area contributed by atoms with Crippen LogP contribution in [-0.4, -0.2) is 22.8 Å². The van der Waals surface area contributed by atoms with E-state index in [-0.39, 0.29) is 17.3 Å². The van der Waals surface area contributed by atoms with Gasteiger partial charge in [0.15, 0.2) is 11.2 Å². The summed E-state index contributed by atoms with van der Waals surface area (Å²) >= 11 is 0. The van der Waals surface area contributed by atoms with Crippen LogP contribution in [0, 0.1) is 35.0 Å². The highest BCUT2D eigenvalue weighted by atomic mass is 17.2. The van der Waals surface area contributed by atoms with Gasteiger partial charge < -0.3 is 4.74 Å². The first-order valence-corrected chi connectivity index (χ1v) is 9.90. The zero-order valence-electron chi connectivity index (χ0n) is 18.5. The Hall–Kier alpha value is -1.31. The minimum atomic E-state index is -0.809. The molecule has 0 aliphatic heterocycles. The number of rotatable bonds is 4. The van der Waals surface area contributed by atoms with E-state index >= 15 is 0 Å². The first-order valence-electron chi connectivity index (χ1n) is 9.90. The standard InChI is InChI=1S/C23H36O4/c1-15(2)19(24)25-23(12-11-21(7,8)27-26-20(4,5)6)14-17-13-18(23)16(3)22(17,9)10/h16-18H,1,13-14H2,2-10H3/t16-,17+,18+,23-/m0/s1. The fraction of sp³-hybridized carbons (Fsp3) is 0.783. The molecule has 2 rings (SSSR count). The smallest absolute Gasteiger partial charge is 0.334 e. The van der Waals surface area contributed by atoms with Crippen molar-refractivity contribution in [1.29, 1.82) is 0 Å². The first-order chi connectivity index (χ1) is 12.1. The highest BCUT2D eigenvalue weighted by molar-refractivity contribution is 5.87. The molecule has 2 fully saturated rings. The number of fused-ring (bicyclic) bond motifs is 2. The van der Waals surface area contributed by atoms with Crippen molar-refractivity contribution >= 4 is 5.97 Å². The molecule has 0 saturated heterocycles. The van der Waals surface area contributed by atoms with Gasteiger partial charge in [-0.05, 0) is 65.2 Å². The number of hydrogen-bond donors (Lipinski definition) is 0. The summed E-state index contributed by atoms with van der Waals surface area (Å²) in [5, 5.41) is 0. The van der Waals surface area contributed by atoms with Gasteiger partial charge in [-0.3, -0.25) is 0 Å². The summed E-state index contributed by atoms with van der Waals surface area (Å²) in [5.41, 5.74) is -1.38. The average Bonchev–Trinajstić information content (AvgIpc) is 2.99. The molecule has 0 unspecified atom stereocenters. The summed E-state index contributed by atoms with van der Waals surface area (Å²) in [7, 11) is 0. The molecule has 0 radical (unpaired) electrons. The van der Waals surface area contributed by atoms with Crippen LogP contribution in [-0.2, 0) is 19.3 Å². The van der Waals surface area contributed by atoms with Crippen molar-refractivity contribution in [2.75, 3.05) is 0 Å². The first kappa shape index (κ1) is 22.0. The van der Waals surface area contributed by atoms with Gasteiger partial charge in [0.25, 0.3) is 0 Å². The Kier molecular flexibility index (Phi) is 5.65. The minimum Gasteiger partial charge on any atom is -0.442 e. The Morgan fingerprint density at radius 3 is 2.19 bits per heavy atom. The van der Waals surface area contributed by atoms with E-state index in [9.17, 15) is 4.79 Å². The molecule has 4 atom stereocenters. The Morgan fingerprint density at radius 2 is 1.74 bits per heavy atom. The van der Waals surface area contributed by atoms with E-state index < -0.39 is 16.8 Å². The maximum absolute atomic E-state index is 12.4. The maximum Gasteiger partial charge on any atom is 0.334 e. The maximum atomic E-state index is 12.4. The number of carbonyl (C=O) groups excluding carboxylic acids is 1. The summed E-state index contributed by atoms with van der Waals surface area (Å²) in [5.74, 6) is 7.25. The van der Waals surface area contributed by atoms with Crippen LogP contribution in [0.25, 0.3) is 0 Å². The van der Waals surface area contributed by atoms with Crippen LogP contribution >= 0.6 is 0 Å². The molecule has 0 aromatic rings. The molecule has 0 heterocycles. The average molecular weight is 377 g/mol. The number of ether oxygens (including phenoxy) is 1. The Bertz CT molecular complexity index is 667. The molecule has 0 aromatic heterocycles. The predicted octanol–water partition coefficient (Wildman–Crippen LogP) is 5.08. The molecule has 0 N–H and O–H groups in total. The molecule has 4 heteroatoms. The van der Waals surface area contributed by atoms with Gasteiger partial charge in [0.05, 0.1) is 5.60 Å². The highest BCUT2D eigenvalue weighted by Crippen LogP contribution is 2.63. The molecular formula is C23H36O4. The van der Waals surface area contributed by atoms with Crippen molar-refractivity contribution in [3.05, 3.63) is 12.2 Å². The highest BCUT2D eigenvalue weighted by Gasteiger charge is 2.63. The van der Waals surface area contributed by atoms with Crippen LogP contribution in [0.4, 0.5) is 0 Å². The number of hydrogen-bond acceptors (Lipinski definition) is 4. The van der Waals surface area contributed by atoms with Gasteiger partial charge in [0.2, 0.25) is 0 Å². The van der Waals surface area contributed by atoms with Crippen molar-refractivity contribution in [3.63, 3.8) is 0 Å². The molecule has 0 amide bonds. The minimum absolute atomic E-state index is 0.215. The predicted molar refractivity (Wildman–Crippen MR) is 107 cm³/mol. The molecule has 0 spiro atoms. The van der Waals surface area contributed by atoms with Crippen LogP contribution < -0.4 is 0 Å². The lowest BCUT2D eigenvalue weighted by atomic mass is 9.64. The second-order valence-corrected chi connectivity index (χ2v) is 10.5. The van der Waals surface area contributed by atoms with E-state index in [1.54, 1.807) is 6.92 Å². The molecule has 2 aliphatic rings. The van der Waals surface area contributed by atoms with Crippen molar-refractivity contribution in [3.8, 4) is 11.8 Å². The van der Waals surface area contributed by atoms with Gasteiger partial charge in [-0.15, -0.1) is 0 Å². The zero-order valence-corrected chi connectivity index (χ0v) is 18.5. The fourth-order valence-corrected chi connectivity index (χ4v) is 4.21. The van der Waals surface area contributed by atoms with Crippen molar-refractivity contribution in [2.45, 2.75) is 92.0 Å². The molecule has 0 aromatic carbocycles. The lowest BCUT2D eigenvalue weighted by Gasteiger charge is -2.44. The van der Waals surface area contributed by atoms with Crippen LogP contribution in [0.2, 0.25) is 0 Å². The largest absolute Gasteiger partial charge is 0.442 e. The molecular weight excluding hydrogens is 340 g/mol. The van der Waals surface area contributed by atoms with E-state index in [4.69, 9.17) is 14.5 Å². The third kappa shape index (κ3) is 4.58. The summed E-state index contributed by atoms with van der Waals surface area (Å²) in [6.07, 6.45) is 1.79. The summed E-state index contributed by atoms with van der Waals surface area (Å²) in [4.78, 5) is 23.4. The SMILES string of the molecule is C=C(C)C(=O)O[C@@]1(C#CC(C)(C)OOC(C)(C)C)C[C@H]2C[C@@H]1[C@H](C)C2(C)C. The second-order valence-electron chi connectivity index (χ2n) is 10.5. The lowest BCUT2D eigenvalue weighted by Crippen LogP contribution is -2.47. The van der Waals surface area contributed by atoms with Crippen LogP contribution in [0.1, 0.15) is 75.2 Å². The third-order valence-corrected chi connectivity index (χ3v) is 6.21. The van der Waals surface area contributed by atoms with Gasteiger partial charge in [-0.2, -0.15) is 0 Å². The third-order valence-electron chi connectivity index (χ3n) is 6.21. The summed E-state index contributed by atoms with van der Waals surface area (Å²) in [6.45, 7) is 21.8. The molecule has 27 heavy (non-hydrogen) atoms. The Labute approximate surface area is 164 Å². The molecule has 4 nitrogen and oxygen atoms in total. The van der Waals surface area contributed by atoms with Crippen molar-refractivity contribution < 1.29 is 19.3 Å². The van der Waals surface area contributed by atoms with Crippen LogP contribution in [0.15, 0.2) is 12.2 Å². The quantitative estimate of drug-likeness (QED) is 0.226. The molecule has 2 bridgehead atoms.